The van der Waals surface area contributed by atoms with Gasteiger partial charge in [-0.1, -0.05) is 49.6 Å². The van der Waals surface area contributed by atoms with Crippen LogP contribution in [-0.2, 0) is 10.2 Å². The maximum absolute atomic E-state index is 14.2. The van der Waals surface area contributed by atoms with E-state index in [0.717, 1.165) is 25.3 Å². The summed E-state index contributed by atoms with van der Waals surface area (Å²) >= 11 is 0. The Labute approximate surface area is 133 Å². The van der Waals surface area contributed by atoms with Gasteiger partial charge in [-0.3, -0.25) is 4.79 Å². The third-order valence-corrected chi connectivity index (χ3v) is 4.78. The van der Waals surface area contributed by atoms with E-state index < -0.39 is 23.0 Å². The molecule has 23 heavy (non-hydrogen) atoms. The summed E-state index contributed by atoms with van der Waals surface area (Å²) in [6.07, 6.45) is 3.46. The molecule has 0 aromatic heterocycles. The van der Waals surface area contributed by atoms with Crippen LogP contribution in [0.2, 0.25) is 0 Å². The second-order valence-corrected chi connectivity index (χ2v) is 6.13. The molecular formula is C19H18F2O2. The summed E-state index contributed by atoms with van der Waals surface area (Å²) in [6, 6.07) is 11.2. The molecule has 2 aromatic carbocycles. The van der Waals surface area contributed by atoms with Gasteiger partial charge in [0.05, 0.1) is 5.41 Å². The Bertz CT molecular complexity index is 720. The lowest BCUT2D eigenvalue weighted by atomic mass is 9.69. The van der Waals surface area contributed by atoms with Gasteiger partial charge in [0, 0.05) is 5.56 Å². The van der Waals surface area contributed by atoms with Gasteiger partial charge in [0.25, 0.3) is 0 Å². The Kier molecular flexibility index (Phi) is 4.16. The molecule has 2 nitrogen and oxygen atoms in total. The summed E-state index contributed by atoms with van der Waals surface area (Å²) in [4.78, 5) is 11.9. The molecule has 0 radical (unpaired) electrons. The summed E-state index contributed by atoms with van der Waals surface area (Å²) < 4.78 is 28.4. The Morgan fingerprint density at radius 3 is 2.26 bits per heavy atom. The first-order valence-electron chi connectivity index (χ1n) is 7.83. The zero-order valence-electron chi connectivity index (χ0n) is 12.7. The predicted octanol–water partition coefficient (Wildman–Crippen LogP) is 4.92. The van der Waals surface area contributed by atoms with E-state index in [1.807, 2.05) is 0 Å². The molecule has 1 saturated carbocycles. The fourth-order valence-electron chi connectivity index (χ4n) is 3.47. The molecule has 4 heteroatoms. The van der Waals surface area contributed by atoms with E-state index in [1.54, 1.807) is 30.3 Å². The van der Waals surface area contributed by atoms with Gasteiger partial charge < -0.3 is 5.11 Å². The lowest BCUT2D eigenvalue weighted by molar-refractivity contribution is -0.145. The van der Waals surface area contributed by atoms with Gasteiger partial charge in [-0.2, -0.15) is 0 Å². The van der Waals surface area contributed by atoms with Gasteiger partial charge in [0.1, 0.15) is 0 Å². The number of carboxylic acid groups (broad SMARTS) is 1. The van der Waals surface area contributed by atoms with Crippen molar-refractivity contribution in [1.29, 1.82) is 0 Å². The van der Waals surface area contributed by atoms with Crippen molar-refractivity contribution in [3.63, 3.8) is 0 Å². The standard InChI is InChI=1S/C19H18F2O2/c20-16-12-14(19(18(22)23)9-5-2-6-10-19)11-15(17(16)21)13-7-3-1-4-8-13/h1,3-4,7-8,11-12H,2,5-6,9-10H2,(H,22,23). The molecule has 0 bridgehead atoms. The average molecular weight is 316 g/mol. The zero-order valence-corrected chi connectivity index (χ0v) is 12.7. The summed E-state index contributed by atoms with van der Waals surface area (Å²) in [7, 11) is 0. The fourth-order valence-corrected chi connectivity index (χ4v) is 3.47. The largest absolute Gasteiger partial charge is 0.481 e. The van der Waals surface area contributed by atoms with Crippen molar-refractivity contribution in [2.75, 3.05) is 0 Å². The highest BCUT2D eigenvalue weighted by Crippen LogP contribution is 2.42. The molecular weight excluding hydrogens is 298 g/mol. The van der Waals surface area contributed by atoms with Gasteiger partial charge >= 0.3 is 5.97 Å². The van der Waals surface area contributed by atoms with Crippen LogP contribution in [0.4, 0.5) is 8.78 Å². The highest BCUT2D eigenvalue weighted by molar-refractivity contribution is 5.82. The van der Waals surface area contributed by atoms with Crippen LogP contribution in [0.5, 0.6) is 0 Å². The maximum atomic E-state index is 14.2. The Balaban J connectivity index is 2.17. The topological polar surface area (TPSA) is 37.3 Å². The second-order valence-electron chi connectivity index (χ2n) is 6.13. The molecule has 120 valence electrons. The smallest absolute Gasteiger partial charge is 0.314 e. The minimum absolute atomic E-state index is 0.117. The zero-order chi connectivity index (χ0) is 16.4. The van der Waals surface area contributed by atoms with Crippen LogP contribution in [-0.4, -0.2) is 11.1 Å². The summed E-state index contributed by atoms with van der Waals surface area (Å²) in [6.45, 7) is 0. The molecule has 0 atom stereocenters. The Morgan fingerprint density at radius 1 is 1.00 bits per heavy atom. The molecule has 0 amide bonds. The number of carbonyl (C=O) groups is 1. The molecule has 2 aromatic rings. The van der Waals surface area contributed by atoms with E-state index in [-0.39, 0.29) is 5.56 Å². The van der Waals surface area contributed by atoms with Crippen LogP contribution in [0.1, 0.15) is 37.7 Å². The van der Waals surface area contributed by atoms with Crippen molar-refractivity contribution in [3.8, 4) is 11.1 Å². The van der Waals surface area contributed by atoms with Gasteiger partial charge in [-0.25, -0.2) is 8.78 Å². The SMILES string of the molecule is O=C(O)C1(c2cc(F)c(F)c(-c3ccccc3)c2)CCCCC1. The van der Waals surface area contributed by atoms with Gasteiger partial charge in [0.15, 0.2) is 11.6 Å². The number of rotatable bonds is 3. The van der Waals surface area contributed by atoms with Crippen molar-refractivity contribution < 1.29 is 18.7 Å². The van der Waals surface area contributed by atoms with Crippen molar-refractivity contribution >= 4 is 5.97 Å². The molecule has 0 unspecified atom stereocenters. The molecule has 1 N–H and O–H groups in total. The van der Waals surface area contributed by atoms with Gasteiger partial charge in [0.2, 0.25) is 0 Å². The summed E-state index contributed by atoms with van der Waals surface area (Å²) in [5.41, 5.74) is -0.0904. The fraction of sp³-hybridized carbons (Fsp3) is 0.316. The van der Waals surface area contributed by atoms with E-state index >= 15 is 0 Å². The molecule has 0 heterocycles. The molecule has 0 aliphatic heterocycles. The maximum Gasteiger partial charge on any atom is 0.314 e. The number of benzene rings is 2. The van der Waals surface area contributed by atoms with Crippen LogP contribution in [0.3, 0.4) is 0 Å². The van der Waals surface area contributed by atoms with E-state index in [0.29, 0.717) is 24.0 Å². The van der Waals surface area contributed by atoms with E-state index in [9.17, 15) is 18.7 Å². The third kappa shape index (κ3) is 2.74. The van der Waals surface area contributed by atoms with Gasteiger partial charge in [-0.15, -0.1) is 0 Å². The molecule has 1 aliphatic rings. The number of carboxylic acids is 1. The highest BCUT2D eigenvalue weighted by Gasteiger charge is 2.42. The van der Waals surface area contributed by atoms with Crippen molar-refractivity contribution in [1.82, 2.24) is 0 Å². The van der Waals surface area contributed by atoms with Crippen molar-refractivity contribution in [2.24, 2.45) is 0 Å². The number of hydrogen-bond acceptors (Lipinski definition) is 1. The van der Waals surface area contributed by atoms with Gasteiger partial charge in [-0.05, 0) is 36.1 Å². The predicted molar refractivity (Wildman–Crippen MR) is 84.2 cm³/mol. The molecule has 1 fully saturated rings. The monoisotopic (exact) mass is 316 g/mol. The lowest BCUT2D eigenvalue weighted by Gasteiger charge is -2.34. The van der Waals surface area contributed by atoms with E-state index in [2.05, 4.69) is 0 Å². The third-order valence-electron chi connectivity index (χ3n) is 4.78. The lowest BCUT2D eigenvalue weighted by Crippen LogP contribution is -2.38. The minimum Gasteiger partial charge on any atom is -0.481 e. The summed E-state index contributed by atoms with van der Waals surface area (Å²) in [5, 5.41) is 9.75. The quantitative estimate of drug-likeness (QED) is 0.873. The first-order valence-corrected chi connectivity index (χ1v) is 7.83. The Morgan fingerprint density at radius 2 is 1.65 bits per heavy atom. The highest BCUT2D eigenvalue weighted by atomic mass is 19.2. The van der Waals surface area contributed by atoms with E-state index in [1.165, 1.54) is 6.07 Å². The second kappa shape index (κ2) is 6.11. The average Bonchev–Trinajstić information content (AvgIpc) is 2.58. The molecule has 0 saturated heterocycles. The van der Waals surface area contributed by atoms with Crippen LogP contribution in [0.25, 0.3) is 11.1 Å². The van der Waals surface area contributed by atoms with Crippen molar-refractivity contribution in [3.05, 3.63) is 59.7 Å². The molecule has 0 spiro atoms. The first kappa shape index (κ1) is 15.7. The molecule has 3 rings (SSSR count). The van der Waals surface area contributed by atoms with Crippen LogP contribution in [0, 0.1) is 11.6 Å². The van der Waals surface area contributed by atoms with Crippen LogP contribution in [0.15, 0.2) is 42.5 Å². The minimum atomic E-state index is -1.11. The summed E-state index contributed by atoms with van der Waals surface area (Å²) in [5.74, 6) is -2.88. The first-order chi connectivity index (χ1) is 11.0. The number of halogens is 2. The normalized spacial score (nSPS) is 17.0. The van der Waals surface area contributed by atoms with Crippen LogP contribution >= 0.6 is 0 Å². The van der Waals surface area contributed by atoms with Crippen LogP contribution < -0.4 is 0 Å². The molecule has 1 aliphatic carbocycles. The Hall–Kier alpha value is -2.23. The number of hydrogen-bond donors (Lipinski definition) is 1. The van der Waals surface area contributed by atoms with Crippen molar-refractivity contribution in [2.45, 2.75) is 37.5 Å². The van der Waals surface area contributed by atoms with E-state index in [4.69, 9.17) is 0 Å². The number of aliphatic carboxylic acids is 1.